The topological polar surface area (TPSA) is 83.5 Å². The average Bonchev–Trinajstić information content (AvgIpc) is 2.42. The van der Waals surface area contributed by atoms with Crippen molar-refractivity contribution in [3.05, 3.63) is 0 Å². The van der Waals surface area contributed by atoms with Gasteiger partial charge in [0, 0.05) is 0 Å². The molecular formula is C11H21NO3. The zero-order chi connectivity index (χ0) is 11.9. The van der Waals surface area contributed by atoms with E-state index in [0.717, 1.165) is 0 Å². The van der Waals surface area contributed by atoms with E-state index in [-0.39, 0.29) is 11.3 Å². The molecule has 0 unspecified atom stereocenters. The molecular weight excluding hydrogens is 194 g/mol. The van der Waals surface area contributed by atoms with Gasteiger partial charge in [0.2, 0.25) is 0 Å². The summed E-state index contributed by atoms with van der Waals surface area (Å²) in [4.78, 5) is 11.4. The van der Waals surface area contributed by atoms with Crippen molar-refractivity contribution in [2.24, 2.45) is 22.5 Å². The van der Waals surface area contributed by atoms with Crippen LogP contribution in [-0.2, 0) is 4.79 Å². The molecule has 15 heavy (non-hydrogen) atoms. The predicted octanol–water partition coefficient (Wildman–Crippen LogP) is 0.833. The van der Waals surface area contributed by atoms with Gasteiger partial charge in [-0.15, -0.1) is 0 Å². The first-order chi connectivity index (χ1) is 6.74. The van der Waals surface area contributed by atoms with Crippen molar-refractivity contribution in [3.63, 3.8) is 0 Å². The van der Waals surface area contributed by atoms with E-state index < -0.39 is 17.5 Å². The Bertz CT molecular complexity index is 259. The number of hydrogen-bond donors (Lipinski definition) is 3. The molecule has 4 heteroatoms. The van der Waals surface area contributed by atoms with Crippen LogP contribution in [0.2, 0.25) is 0 Å². The minimum Gasteiger partial charge on any atom is -0.481 e. The van der Waals surface area contributed by atoms with Crippen molar-refractivity contribution in [1.82, 2.24) is 0 Å². The Morgan fingerprint density at radius 1 is 1.47 bits per heavy atom. The molecule has 0 aromatic carbocycles. The normalized spacial score (nSPS) is 36.9. The number of aliphatic carboxylic acids is 1. The summed E-state index contributed by atoms with van der Waals surface area (Å²) in [6, 6.07) is 0. The molecule has 0 aromatic heterocycles. The Morgan fingerprint density at radius 2 is 2.00 bits per heavy atom. The molecule has 1 aliphatic carbocycles. The molecule has 1 rings (SSSR count). The minimum atomic E-state index is -0.837. The minimum absolute atomic E-state index is 0.0830. The van der Waals surface area contributed by atoms with Crippen molar-refractivity contribution in [1.29, 1.82) is 0 Å². The van der Waals surface area contributed by atoms with E-state index in [1.807, 2.05) is 20.8 Å². The first kappa shape index (κ1) is 12.5. The van der Waals surface area contributed by atoms with E-state index in [4.69, 9.17) is 5.73 Å². The van der Waals surface area contributed by atoms with Gasteiger partial charge in [-0.25, -0.2) is 0 Å². The van der Waals surface area contributed by atoms with Crippen molar-refractivity contribution in [2.75, 3.05) is 6.54 Å². The van der Waals surface area contributed by atoms with Crippen LogP contribution in [-0.4, -0.2) is 28.8 Å². The van der Waals surface area contributed by atoms with Gasteiger partial charge in [-0.05, 0) is 30.7 Å². The van der Waals surface area contributed by atoms with Crippen LogP contribution < -0.4 is 5.73 Å². The highest BCUT2D eigenvalue weighted by Crippen LogP contribution is 2.53. The van der Waals surface area contributed by atoms with Gasteiger partial charge in [0.05, 0.1) is 11.5 Å². The Labute approximate surface area is 90.5 Å². The molecule has 1 aliphatic rings. The van der Waals surface area contributed by atoms with Crippen LogP contribution >= 0.6 is 0 Å². The lowest BCUT2D eigenvalue weighted by Gasteiger charge is -2.38. The van der Waals surface area contributed by atoms with Crippen molar-refractivity contribution < 1.29 is 15.0 Å². The summed E-state index contributed by atoms with van der Waals surface area (Å²) in [6.45, 7) is 6.08. The Hall–Kier alpha value is -0.610. The van der Waals surface area contributed by atoms with E-state index in [0.29, 0.717) is 19.4 Å². The third-order valence-electron chi connectivity index (χ3n) is 3.86. The lowest BCUT2D eigenvalue weighted by molar-refractivity contribution is -0.156. The maximum Gasteiger partial charge on any atom is 0.310 e. The highest BCUT2D eigenvalue weighted by Gasteiger charge is 2.56. The summed E-state index contributed by atoms with van der Waals surface area (Å²) in [5, 5.41) is 19.2. The molecule has 4 nitrogen and oxygen atoms in total. The van der Waals surface area contributed by atoms with Crippen LogP contribution in [0.4, 0.5) is 0 Å². The van der Waals surface area contributed by atoms with E-state index >= 15 is 0 Å². The molecule has 0 amide bonds. The van der Waals surface area contributed by atoms with Crippen molar-refractivity contribution in [2.45, 2.75) is 39.7 Å². The third kappa shape index (κ3) is 1.88. The van der Waals surface area contributed by atoms with Gasteiger partial charge in [-0.2, -0.15) is 0 Å². The van der Waals surface area contributed by atoms with E-state index in [1.54, 1.807) is 0 Å². The Balaban J connectivity index is 3.02. The largest absolute Gasteiger partial charge is 0.481 e. The van der Waals surface area contributed by atoms with E-state index in [1.165, 1.54) is 0 Å². The number of hydrogen-bond acceptors (Lipinski definition) is 3. The lowest BCUT2D eigenvalue weighted by Crippen LogP contribution is -2.41. The first-order valence-electron chi connectivity index (χ1n) is 5.36. The Morgan fingerprint density at radius 3 is 2.20 bits per heavy atom. The van der Waals surface area contributed by atoms with Gasteiger partial charge < -0.3 is 15.9 Å². The van der Waals surface area contributed by atoms with Gasteiger partial charge in [-0.3, -0.25) is 4.79 Å². The average molecular weight is 215 g/mol. The Kier molecular flexibility index (Phi) is 3.12. The summed E-state index contributed by atoms with van der Waals surface area (Å²) in [7, 11) is 0. The zero-order valence-corrected chi connectivity index (χ0v) is 9.66. The maximum absolute atomic E-state index is 11.4. The number of nitrogens with two attached hydrogens (primary N) is 1. The van der Waals surface area contributed by atoms with Crippen molar-refractivity contribution in [3.8, 4) is 0 Å². The molecule has 1 fully saturated rings. The number of carboxylic acids is 1. The summed E-state index contributed by atoms with van der Waals surface area (Å²) < 4.78 is 0. The molecule has 0 aliphatic heterocycles. The van der Waals surface area contributed by atoms with Crippen LogP contribution in [0, 0.1) is 16.7 Å². The van der Waals surface area contributed by atoms with Gasteiger partial charge >= 0.3 is 5.97 Å². The molecule has 88 valence electrons. The monoisotopic (exact) mass is 215 g/mol. The standard InChI is InChI=1S/C11H21NO3/c1-10(2,3)11(9(14)15)4-7(6-12)8(13)5-11/h7-8,13H,4-6,12H2,1-3H3,(H,14,15)/t7-,8-,11-/m1/s1. The molecule has 0 radical (unpaired) electrons. The molecule has 4 N–H and O–H groups in total. The fourth-order valence-corrected chi connectivity index (χ4v) is 2.54. The quantitative estimate of drug-likeness (QED) is 0.637. The van der Waals surface area contributed by atoms with Gasteiger partial charge in [0.25, 0.3) is 0 Å². The second-order valence-corrected chi connectivity index (χ2v) is 5.61. The highest BCUT2D eigenvalue weighted by molar-refractivity contribution is 5.76. The fourth-order valence-electron chi connectivity index (χ4n) is 2.54. The summed E-state index contributed by atoms with van der Waals surface area (Å²) in [6.07, 6.45) is 0.210. The first-order valence-corrected chi connectivity index (χ1v) is 5.36. The molecule has 3 atom stereocenters. The second kappa shape index (κ2) is 3.76. The SMILES string of the molecule is CC(C)(C)[C@]1(C(=O)O)C[C@H](CN)[C@H](O)C1. The van der Waals surface area contributed by atoms with Gasteiger partial charge in [-0.1, -0.05) is 20.8 Å². The molecule has 0 heterocycles. The van der Waals surface area contributed by atoms with Gasteiger partial charge in [0.1, 0.15) is 0 Å². The van der Waals surface area contributed by atoms with Crippen LogP contribution in [0.5, 0.6) is 0 Å². The molecule has 0 bridgehead atoms. The van der Waals surface area contributed by atoms with Crippen LogP contribution in [0.15, 0.2) is 0 Å². The number of aliphatic hydroxyl groups is 1. The smallest absolute Gasteiger partial charge is 0.310 e. The number of aliphatic hydroxyl groups excluding tert-OH is 1. The fraction of sp³-hybridized carbons (Fsp3) is 0.909. The molecule has 1 saturated carbocycles. The second-order valence-electron chi connectivity index (χ2n) is 5.61. The van der Waals surface area contributed by atoms with Crippen LogP contribution in [0.1, 0.15) is 33.6 Å². The molecule has 0 saturated heterocycles. The van der Waals surface area contributed by atoms with E-state index in [9.17, 15) is 15.0 Å². The number of carboxylic acid groups (broad SMARTS) is 1. The summed E-state index contributed by atoms with van der Waals surface area (Å²) >= 11 is 0. The summed E-state index contributed by atoms with van der Waals surface area (Å²) in [5.74, 6) is -0.898. The van der Waals surface area contributed by atoms with E-state index in [2.05, 4.69) is 0 Å². The lowest BCUT2D eigenvalue weighted by atomic mass is 9.65. The zero-order valence-electron chi connectivity index (χ0n) is 9.66. The number of carbonyl (C=O) groups is 1. The van der Waals surface area contributed by atoms with Crippen molar-refractivity contribution >= 4 is 5.97 Å². The van der Waals surface area contributed by atoms with Crippen LogP contribution in [0.3, 0.4) is 0 Å². The van der Waals surface area contributed by atoms with Gasteiger partial charge in [0.15, 0.2) is 0 Å². The summed E-state index contributed by atoms with van der Waals surface area (Å²) in [5.41, 5.74) is 4.34. The number of rotatable bonds is 2. The highest BCUT2D eigenvalue weighted by atomic mass is 16.4. The third-order valence-corrected chi connectivity index (χ3v) is 3.86. The molecule has 0 spiro atoms. The molecule has 0 aromatic rings. The predicted molar refractivity (Wildman–Crippen MR) is 57.3 cm³/mol. The maximum atomic E-state index is 11.4. The van der Waals surface area contributed by atoms with Crippen LogP contribution in [0.25, 0.3) is 0 Å².